The number of nitrogens with zero attached hydrogens (tertiary/aromatic N) is 1. The van der Waals surface area contributed by atoms with E-state index in [0.717, 1.165) is 0 Å². The first-order chi connectivity index (χ1) is 14.4. The fourth-order valence-corrected chi connectivity index (χ4v) is 4.13. The van der Waals surface area contributed by atoms with Gasteiger partial charge >= 0.3 is 5.63 Å². The van der Waals surface area contributed by atoms with Crippen molar-refractivity contribution >= 4 is 43.9 Å². The molecule has 0 radical (unpaired) electrons. The summed E-state index contributed by atoms with van der Waals surface area (Å²) in [5.41, 5.74) is 1.03. The topological polar surface area (TPSA) is 127 Å². The molecule has 0 aliphatic carbocycles. The van der Waals surface area contributed by atoms with E-state index in [4.69, 9.17) is 8.97 Å². The molecule has 8 nitrogen and oxygen atoms in total. The highest BCUT2D eigenvalue weighted by Crippen LogP contribution is 2.27. The Bertz CT molecular complexity index is 1270. The third-order valence-corrected chi connectivity index (χ3v) is 6.33. The largest absolute Gasteiger partial charge is 0.422 e. The molecule has 0 aliphatic rings. The van der Waals surface area contributed by atoms with Crippen molar-refractivity contribution in [3.63, 3.8) is 0 Å². The number of carbonyl (C=O) groups excluding carboxylic acids is 1. The lowest BCUT2D eigenvalue weighted by molar-refractivity contribution is -0.125. The van der Waals surface area contributed by atoms with Crippen LogP contribution in [0, 0.1) is 5.41 Å². The van der Waals surface area contributed by atoms with Gasteiger partial charge in [-0.05, 0) is 24.6 Å². The number of rotatable bonds is 8. The second-order valence-electron chi connectivity index (χ2n) is 8.26. The zero-order valence-corrected chi connectivity index (χ0v) is 19.1. The summed E-state index contributed by atoms with van der Waals surface area (Å²) in [4.78, 5) is 29.2. The van der Waals surface area contributed by atoms with Crippen LogP contribution in [0.1, 0.15) is 32.9 Å². The number of ketones is 1. The first-order valence-electron chi connectivity index (χ1n) is 9.67. The lowest BCUT2D eigenvalue weighted by Gasteiger charge is -2.15. The third kappa shape index (κ3) is 6.22. The molecule has 0 fully saturated rings. The van der Waals surface area contributed by atoms with Crippen LogP contribution in [0.5, 0.6) is 0 Å². The van der Waals surface area contributed by atoms with Crippen LogP contribution in [0.4, 0.5) is 5.69 Å². The number of aromatic nitrogens is 1. The average molecular weight is 465 g/mol. The van der Waals surface area contributed by atoms with E-state index in [2.05, 4.69) is 10.3 Å². The fraction of sp³-hybridized carbons (Fsp3) is 0.381. The van der Waals surface area contributed by atoms with E-state index < -0.39 is 21.2 Å². The normalized spacial score (nSPS) is 12.3. The van der Waals surface area contributed by atoms with Gasteiger partial charge in [0.15, 0.2) is 0 Å². The molecule has 2 N–H and O–H groups in total. The quantitative estimate of drug-likeness (QED) is 0.293. The maximum atomic E-state index is 12.5. The molecule has 0 unspecified atom stereocenters. The van der Waals surface area contributed by atoms with Crippen molar-refractivity contribution in [2.75, 3.05) is 17.6 Å². The lowest BCUT2D eigenvalue weighted by atomic mass is 9.88. The van der Waals surface area contributed by atoms with Gasteiger partial charge in [-0.2, -0.15) is 8.42 Å². The zero-order chi connectivity index (χ0) is 22.8. The van der Waals surface area contributed by atoms with Crippen LogP contribution in [-0.2, 0) is 21.3 Å². The fourth-order valence-electron chi connectivity index (χ4n) is 2.80. The first-order valence-corrected chi connectivity index (χ1v) is 12.2. The summed E-state index contributed by atoms with van der Waals surface area (Å²) in [6.45, 7) is 5.91. The molecule has 0 spiro atoms. The number of nitrogens with one attached hydrogen (secondary N) is 1. The monoisotopic (exact) mass is 464 g/mol. The Morgan fingerprint density at radius 1 is 1.26 bits per heavy atom. The minimum Gasteiger partial charge on any atom is -0.422 e. The highest BCUT2D eigenvalue weighted by molar-refractivity contribution is 7.85. The van der Waals surface area contributed by atoms with Crippen molar-refractivity contribution in [2.45, 2.75) is 33.6 Å². The Kier molecular flexibility index (Phi) is 6.63. The van der Waals surface area contributed by atoms with Crippen LogP contribution >= 0.6 is 11.3 Å². The lowest BCUT2D eigenvalue weighted by Crippen LogP contribution is -2.22. The number of hydrogen-bond donors (Lipinski definition) is 2. The number of fused-ring (bicyclic) bond motifs is 1. The molecule has 0 atom stereocenters. The predicted molar refractivity (Wildman–Crippen MR) is 121 cm³/mol. The van der Waals surface area contributed by atoms with Gasteiger partial charge in [-0.1, -0.05) is 20.8 Å². The molecule has 2 aromatic heterocycles. The Morgan fingerprint density at radius 2 is 2.00 bits per heavy atom. The molecule has 0 amide bonds. The second-order valence-corrected chi connectivity index (χ2v) is 10.7. The molecule has 0 bridgehead atoms. The van der Waals surface area contributed by atoms with Crippen LogP contribution in [0.25, 0.3) is 21.5 Å². The van der Waals surface area contributed by atoms with Gasteiger partial charge in [-0.25, -0.2) is 9.78 Å². The standard InChI is InChI=1S/C21H24N2O6S2/c1-21(2,3)18(24)11-15-12-30-19(23-15)16-9-13-5-6-14(10-17(13)29-20(16)25)22-7-4-8-31(26,27)28/h5-6,9-10,12,22H,4,7-8,11H2,1-3H3,(H,26,27,28). The molecule has 10 heteroatoms. The van der Waals surface area contributed by atoms with Gasteiger partial charge in [-0.15, -0.1) is 11.3 Å². The minimum absolute atomic E-state index is 0.0755. The third-order valence-electron chi connectivity index (χ3n) is 4.60. The van der Waals surface area contributed by atoms with Crippen molar-refractivity contribution in [2.24, 2.45) is 5.41 Å². The number of anilines is 1. The summed E-state index contributed by atoms with van der Waals surface area (Å²) in [6, 6.07) is 6.93. The zero-order valence-electron chi connectivity index (χ0n) is 17.5. The SMILES string of the molecule is CC(C)(C)C(=O)Cc1csc(-c2cc3ccc(NCCCS(=O)(=O)O)cc3oc2=O)n1. The van der Waals surface area contributed by atoms with Crippen molar-refractivity contribution < 1.29 is 22.2 Å². The molecule has 3 rings (SSSR count). The highest BCUT2D eigenvalue weighted by atomic mass is 32.2. The van der Waals surface area contributed by atoms with E-state index in [9.17, 15) is 18.0 Å². The molecule has 166 valence electrons. The summed E-state index contributed by atoms with van der Waals surface area (Å²) in [6.07, 6.45) is 0.454. The highest BCUT2D eigenvalue weighted by Gasteiger charge is 2.22. The van der Waals surface area contributed by atoms with Gasteiger partial charge in [0.05, 0.1) is 23.4 Å². The van der Waals surface area contributed by atoms with Gasteiger partial charge in [0.25, 0.3) is 10.1 Å². The predicted octanol–water partition coefficient (Wildman–Crippen LogP) is 3.76. The van der Waals surface area contributed by atoms with Crippen LogP contribution in [0.3, 0.4) is 0 Å². The van der Waals surface area contributed by atoms with E-state index in [1.54, 1.807) is 29.6 Å². The molecule has 0 saturated heterocycles. The van der Waals surface area contributed by atoms with Gasteiger partial charge in [0.2, 0.25) is 0 Å². The van der Waals surface area contributed by atoms with Crippen molar-refractivity contribution in [3.8, 4) is 10.6 Å². The molecular formula is C21H24N2O6S2. The molecule has 2 heterocycles. The Balaban J connectivity index is 1.77. The summed E-state index contributed by atoms with van der Waals surface area (Å²) >= 11 is 1.29. The molecule has 31 heavy (non-hydrogen) atoms. The summed E-state index contributed by atoms with van der Waals surface area (Å²) < 4.78 is 35.7. The van der Waals surface area contributed by atoms with Crippen LogP contribution < -0.4 is 10.9 Å². The Labute approximate surface area is 184 Å². The summed E-state index contributed by atoms with van der Waals surface area (Å²) in [7, 11) is -3.99. The van der Waals surface area contributed by atoms with E-state index in [-0.39, 0.29) is 24.4 Å². The first kappa shape index (κ1) is 23.1. The molecule has 1 aromatic carbocycles. The van der Waals surface area contributed by atoms with Crippen molar-refractivity contribution in [1.82, 2.24) is 4.98 Å². The van der Waals surface area contributed by atoms with Gasteiger partial charge in [-0.3, -0.25) is 9.35 Å². The Hall–Kier alpha value is -2.56. The average Bonchev–Trinajstić information content (AvgIpc) is 3.11. The number of benzene rings is 1. The van der Waals surface area contributed by atoms with E-state index in [1.807, 2.05) is 20.8 Å². The van der Waals surface area contributed by atoms with E-state index >= 15 is 0 Å². The van der Waals surface area contributed by atoms with Gasteiger partial charge in [0, 0.05) is 34.5 Å². The molecule has 0 saturated carbocycles. The van der Waals surface area contributed by atoms with Crippen LogP contribution in [0.2, 0.25) is 0 Å². The molecule has 0 aliphatic heterocycles. The summed E-state index contributed by atoms with van der Waals surface area (Å²) in [5, 5.41) is 6.02. The van der Waals surface area contributed by atoms with Gasteiger partial charge < -0.3 is 9.73 Å². The van der Waals surface area contributed by atoms with Crippen molar-refractivity contribution in [3.05, 3.63) is 45.8 Å². The Morgan fingerprint density at radius 3 is 2.68 bits per heavy atom. The molecular weight excluding hydrogens is 440 g/mol. The van der Waals surface area contributed by atoms with Crippen molar-refractivity contribution in [1.29, 1.82) is 0 Å². The number of Topliss-reactive ketones (excluding diaryl/α,β-unsaturated/α-hetero) is 1. The summed E-state index contributed by atoms with van der Waals surface area (Å²) in [5.74, 6) is -0.255. The maximum absolute atomic E-state index is 12.5. The van der Waals surface area contributed by atoms with Gasteiger partial charge in [0.1, 0.15) is 16.4 Å². The van der Waals surface area contributed by atoms with Crippen LogP contribution in [0.15, 0.2) is 38.9 Å². The second kappa shape index (κ2) is 8.89. The number of thiazole rings is 1. The minimum atomic E-state index is -3.99. The molecule has 3 aromatic rings. The number of hydrogen-bond acceptors (Lipinski definition) is 8. The maximum Gasteiger partial charge on any atom is 0.346 e. The smallest absolute Gasteiger partial charge is 0.346 e. The van der Waals surface area contributed by atoms with E-state index in [0.29, 0.717) is 39.5 Å². The van der Waals surface area contributed by atoms with E-state index in [1.165, 1.54) is 11.3 Å². The number of carbonyl (C=O) groups is 1. The van der Waals surface area contributed by atoms with Crippen LogP contribution in [-0.4, -0.2) is 36.0 Å².